The van der Waals surface area contributed by atoms with Crippen molar-refractivity contribution < 1.29 is 9.26 Å². The number of ether oxygens (including phenoxy) is 1. The van der Waals surface area contributed by atoms with Gasteiger partial charge >= 0.3 is 0 Å². The van der Waals surface area contributed by atoms with Crippen LogP contribution >= 0.6 is 22.6 Å². The molecule has 0 saturated carbocycles. The van der Waals surface area contributed by atoms with Gasteiger partial charge in [-0.15, -0.1) is 0 Å². The zero-order valence-electron chi connectivity index (χ0n) is 11.1. The molecule has 0 aliphatic carbocycles. The number of benzene rings is 1. The van der Waals surface area contributed by atoms with Crippen LogP contribution < -0.4 is 5.73 Å². The average molecular weight is 373 g/mol. The summed E-state index contributed by atoms with van der Waals surface area (Å²) in [6.07, 6.45) is 0. The standard InChI is InChI=1S/C13H16IN3O2/c1-8-5-4-6-9(10(8)14)11-16-12(17-19-11)13(2,15)7-18-3/h4-6H,7,15H2,1-3H3. The summed E-state index contributed by atoms with van der Waals surface area (Å²) >= 11 is 2.27. The number of hydrogen-bond acceptors (Lipinski definition) is 5. The minimum atomic E-state index is -0.758. The summed E-state index contributed by atoms with van der Waals surface area (Å²) in [7, 11) is 1.59. The molecule has 2 N–H and O–H groups in total. The second-order valence-electron chi connectivity index (χ2n) is 4.71. The van der Waals surface area contributed by atoms with E-state index >= 15 is 0 Å². The highest BCUT2D eigenvalue weighted by molar-refractivity contribution is 14.1. The van der Waals surface area contributed by atoms with Crippen molar-refractivity contribution in [1.29, 1.82) is 0 Å². The summed E-state index contributed by atoms with van der Waals surface area (Å²) in [6, 6.07) is 5.96. The van der Waals surface area contributed by atoms with Crippen LogP contribution in [0.4, 0.5) is 0 Å². The second-order valence-corrected chi connectivity index (χ2v) is 5.79. The lowest BCUT2D eigenvalue weighted by Gasteiger charge is -2.18. The molecule has 5 nitrogen and oxygen atoms in total. The molecular weight excluding hydrogens is 357 g/mol. The Balaban J connectivity index is 2.39. The van der Waals surface area contributed by atoms with Crippen LogP contribution in [0, 0.1) is 10.5 Å². The molecule has 0 aliphatic rings. The lowest BCUT2D eigenvalue weighted by atomic mass is 10.1. The third-order valence-corrected chi connectivity index (χ3v) is 4.24. The van der Waals surface area contributed by atoms with Crippen molar-refractivity contribution in [3.8, 4) is 11.5 Å². The largest absolute Gasteiger partial charge is 0.382 e. The van der Waals surface area contributed by atoms with Crippen LogP contribution in [0.5, 0.6) is 0 Å². The molecule has 102 valence electrons. The van der Waals surface area contributed by atoms with Gasteiger partial charge in [-0.2, -0.15) is 4.98 Å². The van der Waals surface area contributed by atoms with Crippen LogP contribution in [0.3, 0.4) is 0 Å². The van der Waals surface area contributed by atoms with Gasteiger partial charge in [0.2, 0.25) is 0 Å². The van der Waals surface area contributed by atoms with Crippen LogP contribution in [0.25, 0.3) is 11.5 Å². The molecule has 2 aromatic rings. The molecule has 1 atom stereocenters. The fourth-order valence-electron chi connectivity index (χ4n) is 1.74. The van der Waals surface area contributed by atoms with Crippen molar-refractivity contribution in [3.05, 3.63) is 33.2 Å². The highest BCUT2D eigenvalue weighted by Gasteiger charge is 2.28. The molecule has 0 saturated heterocycles. The van der Waals surface area contributed by atoms with E-state index in [1.54, 1.807) is 7.11 Å². The van der Waals surface area contributed by atoms with Crippen molar-refractivity contribution in [2.75, 3.05) is 13.7 Å². The van der Waals surface area contributed by atoms with E-state index in [2.05, 4.69) is 32.7 Å². The maximum atomic E-state index is 6.10. The van der Waals surface area contributed by atoms with Crippen LogP contribution in [-0.2, 0) is 10.3 Å². The molecular formula is C13H16IN3O2. The van der Waals surface area contributed by atoms with E-state index < -0.39 is 5.54 Å². The minimum Gasteiger partial charge on any atom is -0.382 e. The van der Waals surface area contributed by atoms with E-state index in [4.69, 9.17) is 15.0 Å². The van der Waals surface area contributed by atoms with Crippen LogP contribution in [0.15, 0.2) is 22.7 Å². The van der Waals surface area contributed by atoms with Gasteiger partial charge in [-0.3, -0.25) is 0 Å². The van der Waals surface area contributed by atoms with Gasteiger partial charge in [0.1, 0.15) is 5.54 Å². The van der Waals surface area contributed by atoms with Crippen molar-refractivity contribution in [3.63, 3.8) is 0 Å². The molecule has 1 unspecified atom stereocenters. The molecule has 6 heteroatoms. The molecule has 0 amide bonds. The second kappa shape index (κ2) is 5.56. The average Bonchev–Trinajstić information content (AvgIpc) is 2.82. The first-order valence-electron chi connectivity index (χ1n) is 5.83. The van der Waals surface area contributed by atoms with Crippen molar-refractivity contribution in [2.24, 2.45) is 5.73 Å². The smallest absolute Gasteiger partial charge is 0.259 e. The maximum Gasteiger partial charge on any atom is 0.259 e. The first-order chi connectivity index (χ1) is 8.95. The van der Waals surface area contributed by atoms with Crippen LogP contribution in [0.1, 0.15) is 18.3 Å². The van der Waals surface area contributed by atoms with E-state index in [0.717, 1.165) is 9.13 Å². The molecule has 19 heavy (non-hydrogen) atoms. The number of hydrogen-bond donors (Lipinski definition) is 1. The fraction of sp³-hybridized carbons (Fsp3) is 0.385. The van der Waals surface area contributed by atoms with E-state index in [0.29, 0.717) is 18.3 Å². The van der Waals surface area contributed by atoms with Gasteiger partial charge in [0, 0.05) is 10.7 Å². The molecule has 1 aromatic carbocycles. The zero-order valence-corrected chi connectivity index (χ0v) is 13.3. The number of aryl methyl sites for hydroxylation is 1. The number of halogens is 1. The van der Waals surface area contributed by atoms with Gasteiger partial charge in [-0.25, -0.2) is 0 Å². The third kappa shape index (κ3) is 2.96. The van der Waals surface area contributed by atoms with Gasteiger partial charge in [0.25, 0.3) is 5.89 Å². The highest BCUT2D eigenvalue weighted by Crippen LogP contribution is 2.27. The predicted molar refractivity (Wildman–Crippen MR) is 80.6 cm³/mol. The van der Waals surface area contributed by atoms with Gasteiger partial charge in [-0.1, -0.05) is 17.3 Å². The Bertz CT molecular complexity index is 581. The monoisotopic (exact) mass is 373 g/mol. The Kier molecular flexibility index (Phi) is 4.22. The van der Waals surface area contributed by atoms with Gasteiger partial charge in [0.15, 0.2) is 5.82 Å². The Morgan fingerprint density at radius 2 is 2.21 bits per heavy atom. The van der Waals surface area contributed by atoms with Gasteiger partial charge in [0.05, 0.1) is 12.2 Å². The molecule has 0 fully saturated rings. The SMILES string of the molecule is COCC(C)(N)c1noc(-c2cccc(C)c2I)n1. The first-order valence-corrected chi connectivity index (χ1v) is 6.91. The molecule has 0 aliphatic heterocycles. The number of nitrogens with zero attached hydrogens (tertiary/aromatic N) is 2. The number of rotatable bonds is 4. The van der Waals surface area contributed by atoms with E-state index in [-0.39, 0.29) is 0 Å². The Labute approximate surface area is 125 Å². The summed E-state index contributed by atoms with van der Waals surface area (Å²) in [5.74, 6) is 0.928. The zero-order chi connectivity index (χ0) is 14.0. The highest BCUT2D eigenvalue weighted by atomic mass is 127. The van der Waals surface area contributed by atoms with E-state index in [9.17, 15) is 0 Å². The number of nitrogens with two attached hydrogens (primary N) is 1. The molecule has 2 rings (SSSR count). The Morgan fingerprint density at radius 3 is 2.89 bits per heavy atom. The normalized spacial score (nSPS) is 14.4. The molecule has 1 heterocycles. The summed E-state index contributed by atoms with van der Waals surface area (Å²) in [5, 5.41) is 3.96. The summed E-state index contributed by atoms with van der Waals surface area (Å²) < 4.78 is 11.5. The van der Waals surface area contributed by atoms with Crippen LogP contribution in [0.2, 0.25) is 0 Å². The third-order valence-electron chi connectivity index (χ3n) is 2.80. The van der Waals surface area contributed by atoms with Crippen molar-refractivity contribution in [2.45, 2.75) is 19.4 Å². The predicted octanol–water partition coefficient (Wildman–Crippen LogP) is 2.47. The van der Waals surface area contributed by atoms with Crippen molar-refractivity contribution in [1.82, 2.24) is 10.1 Å². The molecule has 1 aromatic heterocycles. The Morgan fingerprint density at radius 1 is 1.47 bits per heavy atom. The summed E-state index contributed by atoms with van der Waals surface area (Å²) in [6.45, 7) is 4.18. The summed E-state index contributed by atoms with van der Waals surface area (Å²) in [4.78, 5) is 4.39. The molecule has 0 bridgehead atoms. The van der Waals surface area contributed by atoms with Gasteiger partial charge in [-0.05, 0) is 48.1 Å². The quantitative estimate of drug-likeness (QED) is 0.834. The lowest BCUT2D eigenvalue weighted by Crippen LogP contribution is -2.38. The van der Waals surface area contributed by atoms with E-state index in [1.165, 1.54) is 5.56 Å². The minimum absolute atomic E-state index is 0.330. The summed E-state index contributed by atoms with van der Waals surface area (Å²) in [5.41, 5.74) is 7.43. The first kappa shape index (κ1) is 14.4. The van der Waals surface area contributed by atoms with Crippen molar-refractivity contribution >= 4 is 22.6 Å². The molecule has 0 spiro atoms. The number of aromatic nitrogens is 2. The van der Waals surface area contributed by atoms with Crippen LogP contribution in [-0.4, -0.2) is 23.9 Å². The lowest BCUT2D eigenvalue weighted by molar-refractivity contribution is 0.135. The maximum absolute atomic E-state index is 6.10. The Hall–Kier alpha value is -0.990. The number of methoxy groups -OCH3 is 1. The molecule has 0 radical (unpaired) electrons. The topological polar surface area (TPSA) is 74.2 Å². The van der Waals surface area contributed by atoms with E-state index in [1.807, 2.05) is 32.0 Å². The fourth-order valence-corrected chi connectivity index (χ4v) is 2.33. The van der Waals surface area contributed by atoms with Gasteiger partial charge < -0.3 is 15.0 Å².